The first-order valence-corrected chi connectivity index (χ1v) is 9.04. The lowest BCUT2D eigenvalue weighted by Crippen LogP contribution is -2.60. The summed E-state index contributed by atoms with van der Waals surface area (Å²) in [5.74, 6) is 1.71. The molecule has 1 unspecified atom stereocenters. The second-order valence-electron chi connectivity index (χ2n) is 7.97. The van der Waals surface area contributed by atoms with Gasteiger partial charge in [0.15, 0.2) is 0 Å². The summed E-state index contributed by atoms with van der Waals surface area (Å²) in [6.07, 6.45) is 6.40. The molecule has 1 saturated carbocycles. The normalized spacial score (nSPS) is 21.3. The van der Waals surface area contributed by atoms with Gasteiger partial charge in [-0.05, 0) is 24.8 Å². The fraction of sp³-hybridized carbons (Fsp3) is 0.556. The van der Waals surface area contributed by atoms with Crippen LogP contribution in [0.15, 0.2) is 29.3 Å². The van der Waals surface area contributed by atoms with Crippen LogP contribution in [-0.4, -0.2) is 37.2 Å². The zero-order chi connectivity index (χ0) is 18.3. The van der Waals surface area contributed by atoms with Crippen LogP contribution in [0.2, 0.25) is 0 Å². The number of carbonyl (C=O) groups is 1. The molecule has 0 aromatic carbocycles. The molecule has 4 rings (SSSR count). The molecule has 8 heteroatoms. The maximum Gasteiger partial charge on any atom is 0.318 e. The molecule has 0 bridgehead atoms. The number of aromatic nitrogens is 4. The van der Waals surface area contributed by atoms with Gasteiger partial charge in [0.25, 0.3) is 5.56 Å². The third kappa shape index (κ3) is 3.23. The number of amides is 2. The van der Waals surface area contributed by atoms with Crippen molar-refractivity contribution in [2.24, 2.45) is 11.3 Å². The summed E-state index contributed by atoms with van der Waals surface area (Å²) in [6, 6.07) is 2.83. The van der Waals surface area contributed by atoms with Crippen molar-refractivity contribution in [3.8, 4) is 0 Å². The highest BCUT2D eigenvalue weighted by molar-refractivity contribution is 5.76. The van der Waals surface area contributed by atoms with E-state index >= 15 is 0 Å². The van der Waals surface area contributed by atoms with E-state index in [4.69, 9.17) is 0 Å². The molecule has 26 heavy (non-hydrogen) atoms. The average Bonchev–Trinajstić information content (AvgIpc) is 3.31. The molecule has 0 radical (unpaired) electrons. The van der Waals surface area contributed by atoms with Crippen LogP contribution in [-0.2, 0) is 13.1 Å². The molecule has 2 amide bonds. The van der Waals surface area contributed by atoms with Crippen molar-refractivity contribution in [3.63, 3.8) is 0 Å². The predicted molar refractivity (Wildman–Crippen MR) is 95.3 cm³/mol. The number of likely N-dealkylation sites (tertiary alicyclic amines) is 1. The van der Waals surface area contributed by atoms with Crippen molar-refractivity contribution >= 4 is 6.03 Å². The van der Waals surface area contributed by atoms with Crippen LogP contribution in [0, 0.1) is 11.3 Å². The highest BCUT2D eigenvalue weighted by Gasteiger charge is 2.51. The molecule has 1 saturated heterocycles. The second kappa shape index (κ2) is 6.26. The fourth-order valence-corrected chi connectivity index (χ4v) is 3.64. The zero-order valence-corrected chi connectivity index (χ0v) is 15.1. The van der Waals surface area contributed by atoms with Gasteiger partial charge in [-0.25, -0.2) is 14.9 Å². The fourth-order valence-electron chi connectivity index (χ4n) is 3.64. The summed E-state index contributed by atoms with van der Waals surface area (Å²) in [4.78, 5) is 30.1. The smallest absolute Gasteiger partial charge is 0.318 e. The summed E-state index contributed by atoms with van der Waals surface area (Å²) >= 11 is 0. The Kier molecular flexibility index (Phi) is 4.05. The van der Waals surface area contributed by atoms with Gasteiger partial charge in [0, 0.05) is 37.0 Å². The molecule has 3 heterocycles. The molecule has 2 aliphatic rings. The summed E-state index contributed by atoms with van der Waals surface area (Å²) in [5.41, 5.74) is 0.344. The van der Waals surface area contributed by atoms with Gasteiger partial charge in [0.1, 0.15) is 5.82 Å². The molecule has 1 aliphatic carbocycles. The monoisotopic (exact) mass is 356 g/mol. The minimum atomic E-state index is -0.257. The number of hydrogen-bond acceptors (Lipinski definition) is 4. The molecule has 1 atom stereocenters. The van der Waals surface area contributed by atoms with E-state index in [1.54, 1.807) is 6.07 Å². The van der Waals surface area contributed by atoms with Gasteiger partial charge >= 0.3 is 6.03 Å². The van der Waals surface area contributed by atoms with E-state index in [2.05, 4.69) is 38.9 Å². The van der Waals surface area contributed by atoms with Gasteiger partial charge in [0.05, 0.1) is 18.3 Å². The molecule has 138 valence electrons. The van der Waals surface area contributed by atoms with Crippen LogP contribution in [0.5, 0.6) is 0 Å². The Morgan fingerprint density at radius 2 is 2.19 bits per heavy atom. The minimum absolute atomic E-state index is 0.0137. The number of urea groups is 1. The summed E-state index contributed by atoms with van der Waals surface area (Å²) in [6.45, 7) is 6.27. The molecule has 8 nitrogen and oxygen atoms in total. The number of imidazole rings is 1. The van der Waals surface area contributed by atoms with E-state index in [0.717, 1.165) is 18.3 Å². The third-order valence-electron chi connectivity index (χ3n) is 5.19. The quantitative estimate of drug-likeness (QED) is 0.852. The Morgan fingerprint density at radius 3 is 2.85 bits per heavy atom. The molecular weight excluding hydrogens is 332 g/mol. The third-order valence-corrected chi connectivity index (χ3v) is 5.19. The van der Waals surface area contributed by atoms with Gasteiger partial charge in [-0.2, -0.15) is 5.10 Å². The van der Waals surface area contributed by atoms with Crippen molar-refractivity contribution in [1.82, 2.24) is 30.0 Å². The molecule has 1 aliphatic heterocycles. The Labute approximate surface area is 151 Å². The Hall–Kier alpha value is -2.64. The van der Waals surface area contributed by atoms with Crippen LogP contribution in [0.1, 0.15) is 44.2 Å². The predicted octanol–water partition coefficient (Wildman–Crippen LogP) is 1.67. The number of carbonyl (C=O) groups excluding carboxylic acids is 1. The average molecular weight is 356 g/mol. The van der Waals surface area contributed by atoms with Gasteiger partial charge in [0.2, 0.25) is 0 Å². The maximum atomic E-state index is 12.7. The Balaban J connectivity index is 1.45. The van der Waals surface area contributed by atoms with Crippen LogP contribution in [0.25, 0.3) is 0 Å². The van der Waals surface area contributed by atoms with Crippen LogP contribution in [0.4, 0.5) is 4.79 Å². The zero-order valence-electron chi connectivity index (χ0n) is 15.1. The van der Waals surface area contributed by atoms with Crippen LogP contribution >= 0.6 is 0 Å². The lowest BCUT2D eigenvalue weighted by molar-refractivity contribution is -0.0237. The van der Waals surface area contributed by atoms with Crippen LogP contribution in [0.3, 0.4) is 0 Å². The first-order valence-electron chi connectivity index (χ1n) is 9.04. The Morgan fingerprint density at radius 1 is 1.38 bits per heavy atom. The first-order chi connectivity index (χ1) is 12.4. The van der Waals surface area contributed by atoms with Gasteiger partial charge in [-0.1, -0.05) is 13.8 Å². The number of rotatable bonds is 5. The van der Waals surface area contributed by atoms with E-state index in [0.29, 0.717) is 12.2 Å². The molecule has 2 N–H and O–H groups in total. The maximum absolute atomic E-state index is 12.7. The standard InChI is InChI=1S/C18H24N6O2/c1-18(2)11-24(17(26)20-9-13-5-6-14(25)22-21-13)15(18)16-19-7-8-23(16)10-12-3-4-12/h5-8,12,15H,3-4,9-11H2,1-2H3,(H,20,26)(H,22,25). The Bertz CT molecular complexity index is 846. The lowest BCUT2D eigenvalue weighted by Gasteiger charge is -2.53. The van der Waals surface area contributed by atoms with E-state index in [-0.39, 0.29) is 29.6 Å². The van der Waals surface area contributed by atoms with Gasteiger partial charge < -0.3 is 14.8 Å². The highest BCUT2D eigenvalue weighted by atomic mass is 16.2. The molecule has 2 aromatic heterocycles. The van der Waals surface area contributed by atoms with Crippen molar-refractivity contribution in [2.45, 2.75) is 45.8 Å². The number of nitrogens with one attached hydrogen (secondary N) is 2. The largest absolute Gasteiger partial charge is 0.333 e. The van der Waals surface area contributed by atoms with Crippen molar-refractivity contribution in [3.05, 3.63) is 46.4 Å². The van der Waals surface area contributed by atoms with Crippen LogP contribution < -0.4 is 10.9 Å². The lowest BCUT2D eigenvalue weighted by atomic mass is 9.74. The molecule has 2 fully saturated rings. The van der Waals surface area contributed by atoms with E-state index in [1.807, 2.05) is 17.3 Å². The summed E-state index contributed by atoms with van der Waals surface area (Å²) < 4.78 is 2.20. The van der Waals surface area contributed by atoms with Crippen molar-refractivity contribution in [2.75, 3.05) is 6.54 Å². The number of hydrogen-bond donors (Lipinski definition) is 2. The van der Waals surface area contributed by atoms with Crippen molar-refractivity contribution < 1.29 is 4.79 Å². The topological polar surface area (TPSA) is 95.9 Å². The molecular formula is C18H24N6O2. The van der Waals surface area contributed by atoms with E-state index in [9.17, 15) is 9.59 Å². The highest BCUT2D eigenvalue weighted by Crippen LogP contribution is 2.48. The SMILES string of the molecule is CC1(C)CN(C(=O)NCc2ccc(=O)[nH]n2)C1c1nccn1CC1CC1. The number of aromatic amines is 1. The summed E-state index contributed by atoms with van der Waals surface area (Å²) in [7, 11) is 0. The molecule has 0 spiro atoms. The van der Waals surface area contributed by atoms with E-state index < -0.39 is 0 Å². The number of nitrogens with zero attached hydrogens (tertiary/aromatic N) is 4. The summed E-state index contributed by atoms with van der Waals surface area (Å²) in [5, 5.41) is 9.18. The van der Waals surface area contributed by atoms with Crippen molar-refractivity contribution in [1.29, 1.82) is 0 Å². The first kappa shape index (κ1) is 16.8. The van der Waals surface area contributed by atoms with E-state index in [1.165, 1.54) is 18.9 Å². The second-order valence-corrected chi connectivity index (χ2v) is 7.97. The molecule has 2 aromatic rings. The van der Waals surface area contributed by atoms with Gasteiger partial charge in [-0.15, -0.1) is 0 Å². The number of H-pyrrole nitrogens is 1. The van der Waals surface area contributed by atoms with Gasteiger partial charge in [-0.3, -0.25) is 4.79 Å². The minimum Gasteiger partial charge on any atom is -0.333 e.